The van der Waals surface area contributed by atoms with Gasteiger partial charge in [0.2, 0.25) is 0 Å². The van der Waals surface area contributed by atoms with Crippen molar-refractivity contribution in [1.82, 2.24) is 15.2 Å². The minimum Gasteiger partial charge on any atom is -0.369 e. The van der Waals surface area contributed by atoms with Gasteiger partial charge in [0.15, 0.2) is 5.15 Å². The highest BCUT2D eigenvalue weighted by Crippen LogP contribution is 2.35. The SMILES string of the molecule is Clc1nnc(-c2ccc(-c3ccccn3)s2)cc1N1CCCC1. The first-order valence-electron chi connectivity index (χ1n) is 7.61. The predicted octanol–water partition coefficient (Wildman–Crippen LogP) is 4.52. The summed E-state index contributed by atoms with van der Waals surface area (Å²) in [5.74, 6) is 0. The van der Waals surface area contributed by atoms with E-state index >= 15 is 0 Å². The van der Waals surface area contributed by atoms with Crippen LogP contribution in [0.1, 0.15) is 12.8 Å². The van der Waals surface area contributed by atoms with Crippen LogP contribution in [0.15, 0.2) is 42.6 Å². The van der Waals surface area contributed by atoms with E-state index in [0.29, 0.717) is 5.15 Å². The van der Waals surface area contributed by atoms with Gasteiger partial charge in [-0.1, -0.05) is 17.7 Å². The summed E-state index contributed by atoms with van der Waals surface area (Å²) in [5, 5.41) is 8.90. The zero-order valence-corrected chi connectivity index (χ0v) is 14.0. The van der Waals surface area contributed by atoms with Gasteiger partial charge in [0.05, 0.1) is 21.1 Å². The number of pyridine rings is 1. The van der Waals surface area contributed by atoms with Crippen LogP contribution in [0.2, 0.25) is 5.15 Å². The minimum atomic E-state index is 0.483. The molecule has 4 heterocycles. The van der Waals surface area contributed by atoms with E-state index in [1.54, 1.807) is 11.3 Å². The Hall–Kier alpha value is -1.98. The Morgan fingerprint density at radius 3 is 2.48 bits per heavy atom. The van der Waals surface area contributed by atoms with E-state index in [4.69, 9.17) is 11.6 Å². The molecule has 0 radical (unpaired) electrons. The van der Waals surface area contributed by atoms with Gasteiger partial charge in [-0.05, 0) is 43.2 Å². The van der Waals surface area contributed by atoms with E-state index in [0.717, 1.165) is 39.9 Å². The molecule has 0 unspecified atom stereocenters. The van der Waals surface area contributed by atoms with E-state index in [1.807, 2.05) is 24.4 Å². The average Bonchev–Trinajstić information content (AvgIpc) is 3.28. The minimum absolute atomic E-state index is 0.483. The van der Waals surface area contributed by atoms with Crippen molar-refractivity contribution in [3.63, 3.8) is 0 Å². The van der Waals surface area contributed by atoms with Crippen LogP contribution in [0.25, 0.3) is 21.1 Å². The van der Waals surface area contributed by atoms with Gasteiger partial charge >= 0.3 is 0 Å². The van der Waals surface area contributed by atoms with Gasteiger partial charge in [0.1, 0.15) is 5.69 Å². The fraction of sp³-hybridized carbons (Fsp3) is 0.235. The van der Waals surface area contributed by atoms with Crippen molar-refractivity contribution in [1.29, 1.82) is 0 Å². The van der Waals surface area contributed by atoms with Gasteiger partial charge in [0, 0.05) is 19.3 Å². The van der Waals surface area contributed by atoms with Crippen molar-refractivity contribution < 1.29 is 0 Å². The molecular weight excluding hydrogens is 328 g/mol. The molecule has 1 saturated heterocycles. The number of halogens is 1. The number of nitrogens with zero attached hydrogens (tertiary/aromatic N) is 4. The molecule has 4 nitrogen and oxygen atoms in total. The topological polar surface area (TPSA) is 41.9 Å². The van der Waals surface area contributed by atoms with Gasteiger partial charge in [-0.3, -0.25) is 4.98 Å². The van der Waals surface area contributed by atoms with Crippen molar-refractivity contribution in [2.24, 2.45) is 0 Å². The highest BCUT2D eigenvalue weighted by atomic mass is 35.5. The Labute approximate surface area is 143 Å². The lowest BCUT2D eigenvalue weighted by Gasteiger charge is -2.18. The van der Waals surface area contributed by atoms with Gasteiger partial charge in [-0.15, -0.1) is 21.5 Å². The smallest absolute Gasteiger partial charge is 0.175 e. The van der Waals surface area contributed by atoms with Crippen LogP contribution < -0.4 is 4.90 Å². The second-order valence-electron chi connectivity index (χ2n) is 5.48. The van der Waals surface area contributed by atoms with E-state index in [-0.39, 0.29) is 0 Å². The van der Waals surface area contributed by atoms with E-state index < -0.39 is 0 Å². The Morgan fingerprint density at radius 1 is 0.957 bits per heavy atom. The van der Waals surface area contributed by atoms with E-state index in [2.05, 4.69) is 38.3 Å². The molecule has 0 saturated carbocycles. The number of hydrogen-bond acceptors (Lipinski definition) is 5. The van der Waals surface area contributed by atoms with Crippen molar-refractivity contribution in [2.75, 3.05) is 18.0 Å². The van der Waals surface area contributed by atoms with Crippen molar-refractivity contribution in [2.45, 2.75) is 12.8 Å². The lowest BCUT2D eigenvalue weighted by atomic mass is 10.2. The second-order valence-corrected chi connectivity index (χ2v) is 6.92. The molecule has 6 heteroatoms. The van der Waals surface area contributed by atoms with E-state index in [9.17, 15) is 0 Å². The summed E-state index contributed by atoms with van der Waals surface area (Å²) in [6, 6.07) is 12.1. The normalized spacial score (nSPS) is 14.4. The Bertz CT molecular complexity index is 812. The number of hydrogen-bond donors (Lipinski definition) is 0. The maximum atomic E-state index is 6.24. The van der Waals surface area contributed by atoms with Gasteiger partial charge in [0.25, 0.3) is 0 Å². The van der Waals surface area contributed by atoms with Crippen molar-refractivity contribution >= 4 is 28.6 Å². The lowest BCUT2D eigenvalue weighted by molar-refractivity contribution is 0.940. The number of aromatic nitrogens is 3. The molecule has 3 aromatic heterocycles. The summed E-state index contributed by atoms with van der Waals surface area (Å²) >= 11 is 7.91. The quantitative estimate of drug-likeness (QED) is 0.701. The van der Waals surface area contributed by atoms with Gasteiger partial charge in [-0.2, -0.15) is 0 Å². The van der Waals surface area contributed by atoms with Crippen LogP contribution in [0.3, 0.4) is 0 Å². The molecule has 0 aromatic carbocycles. The van der Waals surface area contributed by atoms with Crippen LogP contribution in [-0.4, -0.2) is 28.3 Å². The molecular formula is C17H15ClN4S. The summed E-state index contributed by atoms with van der Waals surface area (Å²) in [5.41, 5.74) is 2.83. The molecule has 23 heavy (non-hydrogen) atoms. The predicted molar refractivity (Wildman–Crippen MR) is 95.0 cm³/mol. The molecule has 0 spiro atoms. The highest BCUT2D eigenvalue weighted by molar-refractivity contribution is 7.18. The third-order valence-corrected chi connectivity index (χ3v) is 5.35. The lowest BCUT2D eigenvalue weighted by Crippen LogP contribution is -2.18. The van der Waals surface area contributed by atoms with Crippen molar-refractivity contribution in [3.05, 3.63) is 47.7 Å². The maximum absolute atomic E-state index is 6.24. The number of rotatable bonds is 3. The summed E-state index contributed by atoms with van der Waals surface area (Å²) in [6.45, 7) is 2.07. The van der Waals surface area contributed by atoms with Gasteiger partial charge in [-0.25, -0.2) is 0 Å². The number of anilines is 1. The largest absolute Gasteiger partial charge is 0.369 e. The maximum Gasteiger partial charge on any atom is 0.175 e. The standard InChI is InChI=1S/C17H15ClN4S/c18-17-14(22-9-3-4-10-22)11-13(20-21-17)16-7-6-15(23-16)12-5-1-2-8-19-12/h1-2,5-8,11H,3-4,9-10H2. The average molecular weight is 343 g/mol. The Kier molecular flexibility index (Phi) is 3.97. The van der Waals surface area contributed by atoms with Crippen LogP contribution in [0.5, 0.6) is 0 Å². The summed E-state index contributed by atoms with van der Waals surface area (Å²) < 4.78 is 0. The Morgan fingerprint density at radius 2 is 1.74 bits per heavy atom. The monoisotopic (exact) mass is 342 g/mol. The molecule has 3 aromatic rings. The van der Waals surface area contributed by atoms with Gasteiger partial charge < -0.3 is 4.90 Å². The molecule has 0 atom stereocenters. The molecule has 0 amide bonds. The van der Waals surface area contributed by atoms with E-state index in [1.165, 1.54) is 12.8 Å². The highest BCUT2D eigenvalue weighted by Gasteiger charge is 2.18. The van der Waals surface area contributed by atoms with Crippen LogP contribution in [0.4, 0.5) is 5.69 Å². The third kappa shape index (κ3) is 2.94. The second kappa shape index (κ2) is 6.26. The molecule has 1 fully saturated rings. The van der Waals surface area contributed by atoms with Crippen LogP contribution in [0, 0.1) is 0 Å². The summed E-state index contributed by atoms with van der Waals surface area (Å²) in [4.78, 5) is 8.89. The molecule has 116 valence electrons. The fourth-order valence-corrected chi connectivity index (χ4v) is 3.94. The summed E-state index contributed by atoms with van der Waals surface area (Å²) in [6.07, 6.45) is 4.22. The first kappa shape index (κ1) is 14.6. The fourth-order valence-electron chi connectivity index (χ4n) is 2.79. The summed E-state index contributed by atoms with van der Waals surface area (Å²) in [7, 11) is 0. The van der Waals surface area contributed by atoms with Crippen LogP contribution >= 0.6 is 22.9 Å². The number of thiophene rings is 1. The zero-order valence-electron chi connectivity index (χ0n) is 12.4. The molecule has 0 bridgehead atoms. The van der Waals surface area contributed by atoms with Crippen molar-refractivity contribution in [3.8, 4) is 21.1 Å². The van der Waals surface area contributed by atoms with Crippen LogP contribution in [-0.2, 0) is 0 Å². The molecule has 4 rings (SSSR count). The molecule has 1 aliphatic heterocycles. The first-order valence-corrected chi connectivity index (χ1v) is 8.80. The molecule has 1 aliphatic rings. The Balaban J connectivity index is 1.68. The molecule has 0 aliphatic carbocycles. The first-order chi connectivity index (χ1) is 11.3. The zero-order chi connectivity index (χ0) is 15.6. The third-order valence-electron chi connectivity index (χ3n) is 3.95. The molecule has 0 N–H and O–H groups in total.